The van der Waals surface area contributed by atoms with E-state index in [1.807, 2.05) is 0 Å². The lowest BCUT2D eigenvalue weighted by atomic mass is 9.81. The summed E-state index contributed by atoms with van der Waals surface area (Å²) in [4.78, 5) is 16.1. The quantitative estimate of drug-likeness (QED) is 0.944. The predicted molar refractivity (Wildman–Crippen MR) is 78.2 cm³/mol. The average Bonchev–Trinajstić information content (AvgIpc) is 2.81. The van der Waals surface area contributed by atoms with E-state index in [1.54, 1.807) is 0 Å². The van der Waals surface area contributed by atoms with Crippen molar-refractivity contribution in [3.8, 4) is 5.88 Å². The second-order valence-corrected chi connectivity index (χ2v) is 6.85. The summed E-state index contributed by atoms with van der Waals surface area (Å²) in [5.74, 6) is 1.43. The molecule has 0 bridgehead atoms. The zero-order valence-corrected chi connectivity index (χ0v) is 12.4. The van der Waals surface area contributed by atoms with Crippen molar-refractivity contribution >= 4 is 16.3 Å². The van der Waals surface area contributed by atoms with Gasteiger partial charge in [-0.3, -0.25) is 4.79 Å². The lowest BCUT2D eigenvalue weighted by molar-refractivity contribution is 0.277. The van der Waals surface area contributed by atoms with Crippen molar-refractivity contribution in [2.75, 3.05) is 0 Å². The van der Waals surface area contributed by atoms with Crippen LogP contribution in [0.1, 0.15) is 44.0 Å². The van der Waals surface area contributed by atoms with E-state index < -0.39 is 0 Å². The first-order valence-corrected chi connectivity index (χ1v) is 8.02. The van der Waals surface area contributed by atoms with E-state index in [2.05, 4.69) is 17.0 Å². The molecule has 1 aliphatic carbocycles. The highest BCUT2D eigenvalue weighted by Crippen LogP contribution is 2.31. The van der Waals surface area contributed by atoms with Gasteiger partial charge in [-0.2, -0.15) is 14.6 Å². The molecular formula is C14H19N3O2S. The maximum Gasteiger partial charge on any atom is 0.278 e. The third-order valence-electron chi connectivity index (χ3n) is 4.18. The van der Waals surface area contributed by atoms with Crippen LogP contribution in [-0.4, -0.2) is 19.7 Å². The van der Waals surface area contributed by atoms with Crippen molar-refractivity contribution < 1.29 is 5.11 Å². The van der Waals surface area contributed by atoms with Crippen LogP contribution in [0.2, 0.25) is 0 Å². The minimum Gasteiger partial charge on any atom is -0.493 e. The Bertz CT molecular complexity index is 656. The summed E-state index contributed by atoms with van der Waals surface area (Å²) in [5, 5.41) is 14.6. The van der Waals surface area contributed by atoms with E-state index in [4.69, 9.17) is 0 Å². The Hall–Kier alpha value is -1.43. The zero-order chi connectivity index (χ0) is 14.1. The lowest BCUT2D eigenvalue weighted by Crippen LogP contribution is -2.14. The minimum absolute atomic E-state index is 0.230. The molecule has 1 fully saturated rings. The number of aromatic hydroxyl groups is 1. The monoisotopic (exact) mass is 293 g/mol. The van der Waals surface area contributed by atoms with E-state index >= 15 is 0 Å². The van der Waals surface area contributed by atoms with Gasteiger partial charge in [0.15, 0.2) is 0 Å². The Morgan fingerprint density at radius 1 is 1.40 bits per heavy atom. The SMILES string of the molecule is CC1CCC(CCc2nn3c(=O)cc(O)nc3s2)CC1. The number of fused-ring (bicyclic) bond motifs is 1. The highest BCUT2D eigenvalue weighted by molar-refractivity contribution is 7.16. The Balaban J connectivity index is 1.69. The fourth-order valence-corrected chi connectivity index (χ4v) is 3.79. The Morgan fingerprint density at radius 3 is 2.90 bits per heavy atom. The molecule has 0 atom stereocenters. The van der Waals surface area contributed by atoms with Crippen molar-refractivity contribution in [1.82, 2.24) is 14.6 Å². The number of aromatic nitrogens is 3. The van der Waals surface area contributed by atoms with Gasteiger partial charge in [-0.1, -0.05) is 43.9 Å². The maximum atomic E-state index is 11.7. The van der Waals surface area contributed by atoms with Crippen molar-refractivity contribution in [2.24, 2.45) is 11.8 Å². The molecule has 0 radical (unpaired) electrons. The summed E-state index contributed by atoms with van der Waals surface area (Å²) in [6, 6.07) is 1.10. The number of nitrogens with zero attached hydrogens (tertiary/aromatic N) is 3. The molecule has 2 heterocycles. The lowest BCUT2D eigenvalue weighted by Gasteiger charge is -2.25. The summed E-state index contributed by atoms with van der Waals surface area (Å²) in [6.45, 7) is 2.33. The molecule has 3 rings (SSSR count). The highest BCUT2D eigenvalue weighted by atomic mass is 32.1. The molecule has 0 unspecified atom stereocenters. The first-order valence-electron chi connectivity index (χ1n) is 7.20. The summed E-state index contributed by atoms with van der Waals surface area (Å²) >= 11 is 1.40. The van der Waals surface area contributed by atoms with E-state index in [0.717, 1.165) is 35.8 Å². The fourth-order valence-electron chi connectivity index (χ4n) is 2.89. The standard InChI is InChI=1S/C14H19N3O2S/c1-9-2-4-10(5-3-9)6-7-12-16-17-13(19)8-11(18)15-14(17)20-12/h8-10,18H,2-7H2,1H3. The molecule has 1 N–H and O–H groups in total. The highest BCUT2D eigenvalue weighted by Gasteiger charge is 2.18. The van der Waals surface area contributed by atoms with Crippen LogP contribution >= 0.6 is 11.3 Å². The molecule has 2 aromatic rings. The van der Waals surface area contributed by atoms with Gasteiger partial charge in [-0.05, 0) is 18.3 Å². The minimum atomic E-state index is -0.318. The zero-order valence-electron chi connectivity index (χ0n) is 11.6. The van der Waals surface area contributed by atoms with Gasteiger partial charge in [0.2, 0.25) is 10.8 Å². The van der Waals surface area contributed by atoms with Gasteiger partial charge in [0.1, 0.15) is 5.01 Å². The normalized spacial score (nSPS) is 23.2. The summed E-state index contributed by atoms with van der Waals surface area (Å²) < 4.78 is 1.28. The first kappa shape index (κ1) is 13.5. The van der Waals surface area contributed by atoms with E-state index in [9.17, 15) is 9.90 Å². The molecule has 6 heteroatoms. The summed E-state index contributed by atoms with van der Waals surface area (Å²) in [7, 11) is 0. The molecular weight excluding hydrogens is 274 g/mol. The van der Waals surface area contributed by atoms with Crippen LogP contribution in [0.4, 0.5) is 0 Å². The number of aryl methyl sites for hydroxylation is 1. The van der Waals surface area contributed by atoms with Gasteiger partial charge in [-0.15, -0.1) is 0 Å². The van der Waals surface area contributed by atoms with Gasteiger partial charge in [0.25, 0.3) is 5.56 Å². The molecule has 5 nitrogen and oxygen atoms in total. The molecule has 0 saturated heterocycles. The van der Waals surface area contributed by atoms with Crippen molar-refractivity contribution in [2.45, 2.75) is 45.4 Å². The number of hydrogen-bond donors (Lipinski definition) is 1. The van der Waals surface area contributed by atoms with Crippen LogP contribution in [-0.2, 0) is 6.42 Å². The van der Waals surface area contributed by atoms with E-state index in [1.165, 1.54) is 41.5 Å². The predicted octanol–water partition coefficient (Wildman–Crippen LogP) is 2.62. The smallest absolute Gasteiger partial charge is 0.278 e. The van der Waals surface area contributed by atoms with Gasteiger partial charge in [0, 0.05) is 6.42 Å². The molecule has 0 amide bonds. The molecule has 1 saturated carbocycles. The van der Waals surface area contributed by atoms with Crippen LogP contribution < -0.4 is 5.56 Å². The van der Waals surface area contributed by atoms with Crippen molar-refractivity contribution in [3.63, 3.8) is 0 Å². The molecule has 0 aliphatic heterocycles. The molecule has 108 valence electrons. The second kappa shape index (κ2) is 5.52. The average molecular weight is 293 g/mol. The second-order valence-electron chi connectivity index (χ2n) is 5.81. The molecule has 0 spiro atoms. The van der Waals surface area contributed by atoms with Gasteiger partial charge in [0.05, 0.1) is 6.07 Å². The van der Waals surface area contributed by atoms with Crippen LogP contribution in [0.3, 0.4) is 0 Å². The van der Waals surface area contributed by atoms with Crippen LogP contribution in [0.5, 0.6) is 5.88 Å². The Morgan fingerprint density at radius 2 is 2.15 bits per heavy atom. The Labute approximate surface area is 121 Å². The van der Waals surface area contributed by atoms with Gasteiger partial charge >= 0.3 is 0 Å². The third kappa shape index (κ3) is 2.85. The maximum absolute atomic E-state index is 11.7. The topological polar surface area (TPSA) is 67.5 Å². The molecule has 0 aromatic carbocycles. The van der Waals surface area contributed by atoms with Crippen molar-refractivity contribution in [1.29, 1.82) is 0 Å². The number of hydrogen-bond acceptors (Lipinski definition) is 5. The van der Waals surface area contributed by atoms with Crippen LogP contribution in [0, 0.1) is 11.8 Å². The first-order chi connectivity index (χ1) is 9.61. The Kier molecular flexibility index (Phi) is 3.74. The van der Waals surface area contributed by atoms with Gasteiger partial charge in [-0.25, -0.2) is 0 Å². The summed E-state index contributed by atoms with van der Waals surface area (Å²) in [5.41, 5.74) is -0.318. The molecule has 1 aliphatic rings. The number of rotatable bonds is 3. The van der Waals surface area contributed by atoms with Crippen LogP contribution in [0.15, 0.2) is 10.9 Å². The fraction of sp³-hybridized carbons (Fsp3) is 0.643. The van der Waals surface area contributed by atoms with Crippen molar-refractivity contribution in [3.05, 3.63) is 21.4 Å². The summed E-state index contributed by atoms with van der Waals surface area (Å²) in [6.07, 6.45) is 7.31. The van der Waals surface area contributed by atoms with E-state index in [0.29, 0.717) is 4.96 Å². The largest absolute Gasteiger partial charge is 0.493 e. The van der Waals surface area contributed by atoms with Crippen LogP contribution in [0.25, 0.3) is 4.96 Å². The van der Waals surface area contributed by atoms with E-state index in [-0.39, 0.29) is 11.4 Å². The van der Waals surface area contributed by atoms with Gasteiger partial charge < -0.3 is 5.11 Å². The molecule has 20 heavy (non-hydrogen) atoms. The molecule has 2 aromatic heterocycles. The third-order valence-corrected chi connectivity index (χ3v) is 5.14.